The van der Waals surface area contributed by atoms with Crippen LogP contribution in [0.2, 0.25) is 0 Å². The number of guanidine groups is 1. The summed E-state index contributed by atoms with van der Waals surface area (Å²) in [6.45, 7) is 7.05. The first-order valence-electron chi connectivity index (χ1n) is 9.01. The maximum Gasteiger partial charge on any atom is 0.310 e. The van der Waals surface area contributed by atoms with Crippen LogP contribution in [-0.2, 0) is 9.53 Å². The number of esters is 1. The first kappa shape index (κ1) is 19.8. The van der Waals surface area contributed by atoms with Gasteiger partial charge in [0.15, 0.2) is 5.96 Å². The molecule has 1 aromatic carbocycles. The maximum atomic E-state index is 12.0. The van der Waals surface area contributed by atoms with Crippen LogP contribution in [0.5, 0.6) is 0 Å². The van der Waals surface area contributed by atoms with Crippen LogP contribution in [0.1, 0.15) is 24.2 Å². The summed E-state index contributed by atoms with van der Waals surface area (Å²) in [5.41, 5.74) is 0.637. The van der Waals surface area contributed by atoms with Crippen LogP contribution >= 0.6 is 0 Å². The fourth-order valence-electron chi connectivity index (χ4n) is 3.05. The number of carbonyl (C=O) groups excluding carboxylic acids is 2. The van der Waals surface area contributed by atoms with Crippen LogP contribution < -0.4 is 10.6 Å². The normalized spacial score (nSPS) is 20.0. The van der Waals surface area contributed by atoms with Gasteiger partial charge >= 0.3 is 5.97 Å². The first-order valence-corrected chi connectivity index (χ1v) is 9.01. The predicted octanol–water partition coefficient (Wildman–Crippen LogP) is 1.12. The number of hydrogen-bond acceptors (Lipinski definition) is 4. The van der Waals surface area contributed by atoms with Gasteiger partial charge in [0.25, 0.3) is 5.91 Å². The van der Waals surface area contributed by atoms with E-state index in [1.807, 2.05) is 32.0 Å². The molecule has 0 spiro atoms. The zero-order chi connectivity index (χ0) is 18.9. The molecule has 0 saturated carbocycles. The molecular weight excluding hydrogens is 332 g/mol. The largest absolute Gasteiger partial charge is 0.469 e. The standard InChI is InChI=1S/C19H28N4O3/c1-4-20-19(23-12-14(2)16(13-23)18(25)26-3)22-11-10-21-17(24)15-8-6-5-7-9-15/h5-9,14,16H,4,10-13H2,1-3H3,(H,20,22)(H,21,24). The molecule has 7 nitrogen and oxygen atoms in total. The third kappa shape index (κ3) is 5.21. The van der Waals surface area contributed by atoms with E-state index in [9.17, 15) is 9.59 Å². The minimum Gasteiger partial charge on any atom is -0.469 e. The Morgan fingerprint density at radius 3 is 2.62 bits per heavy atom. The number of nitrogens with zero attached hydrogens (tertiary/aromatic N) is 2. The summed E-state index contributed by atoms with van der Waals surface area (Å²) in [7, 11) is 1.42. The van der Waals surface area contributed by atoms with Crippen molar-refractivity contribution in [3.8, 4) is 0 Å². The van der Waals surface area contributed by atoms with Crippen molar-refractivity contribution in [2.45, 2.75) is 13.8 Å². The fraction of sp³-hybridized carbons (Fsp3) is 0.526. The highest BCUT2D eigenvalue weighted by Gasteiger charge is 2.36. The van der Waals surface area contributed by atoms with Gasteiger partial charge in [-0.2, -0.15) is 0 Å². The van der Waals surface area contributed by atoms with Gasteiger partial charge in [-0.3, -0.25) is 14.6 Å². The molecule has 142 valence electrons. The Hall–Kier alpha value is -2.57. The van der Waals surface area contributed by atoms with Crippen LogP contribution in [-0.4, -0.2) is 62.6 Å². The van der Waals surface area contributed by atoms with Gasteiger partial charge in [-0.15, -0.1) is 0 Å². The Kier molecular flexibility index (Phi) is 7.44. The third-order valence-corrected chi connectivity index (χ3v) is 4.45. The number of nitrogens with one attached hydrogen (secondary N) is 2. The number of hydrogen-bond donors (Lipinski definition) is 2. The summed E-state index contributed by atoms with van der Waals surface area (Å²) in [5.74, 6) is 0.558. The molecule has 1 amide bonds. The lowest BCUT2D eigenvalue weighted by atomic mass is 9.99. The molecule has 2 N–H and O–H groups in total. The summed E-state index contributed by atoms with van der Waals surface area (Å²) in [4.78, 5) is 30.6. The third-order valence-electron chi connectivity index (χ3n) is 4.45. The van der Waals surface area contributed by atoms with E-state index < -0.39 is 0 Å². The summed E-state index contributed by atoms with van der Waals surface area (Å²) in [6.07, 6.45) is 0. The molecule has 2 atom stereocenters. The molecule has 1 aliphatic rings. The van der Waals surface area contributed by atoms with Crippen LogP contribution in [0, 0.1) is 11.8 Å². The molecule has 1 heterocycles. The predicted molar refractivity (Wildman–Crippen MR) is 101 cm³/mol. The van der Waals surface area contributed by atoms with E-state index in [0.717, 1.165) is 19.0 Å². The molecule has 1 fully saturated rings. The first-order chi connectivity index (χ1) is 12.6. The number of benzene rings is 1. The van der Waals surface area contributed by atoms with E-state index in [-0.39, 0.29) is 23.7 Å². The Morgan fingerprint density at radius 2 is 1.96 bits per heavy atom. The number of amides is 1. The summed E-state index contributed by atoms with van der Waals surface area (Å²) in [5, 5.41) is 6.12. The van der Waals surface area contributed by atoms with Crippen molar-refractivity contribution in [2.75, 3.05) is 39.8 Å². The lowest BCUT2D eigenvalue weighted by Gasteiger charge is -2.21. The zero-order valence-corrected chi connectivity index (χ0v) is 15.7. The lowest BCUT2D eigenvalue weighted by Crippen LogP contribution is -2.41. The maximum absolute atomic E-state index is 12.0. The highest BCUT2D eigenvalue weighted by atomic mass is 16.5. The van der Waals surface area contributed by atoms with Crippen molar-refractivity contribution in [2.24, 2.45) is 16.8 Å². The van der Waals surface area contributed by atoms with Gasteiger partial charge in [-0.05, 0) is 25.0 Å². The van der Waals surface area contributed by atoms with Crippen LogP contribution in [0.15, 0.2) is 35.3 Å². The molecule has 1 aliphatic heterocycles. The average Bonchev–Trinajstić information content (AvgIpc) is 3.05. The average molecular weight is 360 g/mol. The molecule has 0 aromatic heterocycles. The number of ether oxygens (including phenoxy) is 1. The minimum atomic E-state index is -0.175. The quantitative estimate of drug-likeness (QED) is 0.344. The molecule has 0 aliphatic carbocycles. The molecule has 1 saturated heterocycles. The van der Waals surface area contributed by atoms with Gasteiger partial charge in [0.2, 0.25) is 0 Å². The van der Waals surface area contributed by atoms with Gasteiger partial charge in [0.05, 0.1) is 19.6 Å². The second-order valence-electron chi connectivity index (χ2n) is 6.37. The Balaban J connectivity index is 1.89. The number of likely N-dealkylation sites (tertiary alicyclic amines) is 1. The van der Waals surface area contributed by atoms with Gasteiger partial charge in [0.1, 0.15) is 0 Å². The Morgan fingerprint density at radius 1 is 1.23 bits per heavy atom. The topological polar surface area (TPSA) is 83.0 Å². The van der Waals surface area contributed by atoms with Crippen molar-refractivity contribution >= 4 is 17.8 Å². The second-order valence-corrected chi connectivity index (χ2v) is 6.37. The molecular formula is C19H28N4O3. The minimum absolute atomic E-state index is 0.105. The molecule has 0 radical (unpaired) electrons. The lowest BCUT2D eigenvalue weighted by molar-refractivity contribution is -0.145. The SMILES string of the molecule is CCNC(=NCCNC(=O)c1ccccc1)N1CC(C)C(C(=O)OC)C1. The van der Waals surface area contributed by atoms with E-state index in [1.165, 1.54) is 7.11 Å². The number of aliphatic imine (C=N–C) groups is 1. The summed E-state index contributed by atoms with van der Waals surface area (Å²) < 4.78 is 4.89. The van der Waals surface area contributed by atoms with E-state index >= 15 is 0 Å². The van der Waals surface area contributed by atoms with Crippen molar-refractivity contribution in [1.29, 1.82) is 0 Å². The van der Waals surface area contributed by atoms with Crippen molar-refractivity contribution in [3.05, 3.63) is 35.9 Å². The van der Waals surface area contributed by atoms with E-state index in [2.05, 4.69) is 20.5 Å². The van der Waals surface area contributed by atoms with E-state index in [4.69, 9.17) is 4.74 Å². The molecule has 26 heavy (non-hydrogen) atoms. The number of methoxy groups -OCH3 is 1. The van der Waals surface area contributed by atoms with E-state index in [1.54, 1.807) is 12.1 Å². The van der Waals surface area contributed by atoms with Gasteiger partial charge < -0.3 is 20.3 Å². The van der Waals surface area contributed by atoms with Crippen molar-refractivity contribution < 1.29 is 14.3 Å². The monoisotopic (exact) mass is 360 g/mol. The van der Waals surface area contributed by atoms with Crippen LogP contribution in [0.4, 0.5) is 0 Å². The number of carbonyl (C=O) groups is 2. The Bertz CT molecular complexity index is 633. The van der Waals surface area contributed by atoms with E-state index in [0.29, 0.717) is 25.2 Å². The molecule has 1 aromatic rings. The number of rotatable bonds is 6. The Labute approximate surface area is 154 Å². The summed E-state index contributed by atoms with van der Waals surface area (Å²) in [6, 6.07) is 9.11. The highest BCUT2D eigenvalue weighted by molar-refractivity contribution is 5.94. The van der Waals surface area contributed by atoms with Crippen LogP contribution in [0.25, 0.3) is 0 Å². The van der Waals surface area contributed by atoms with Gasteiger partial charge in [0, 0.05) is 31.7 Å². The fourth-order valence-corrected chi connectivity index (χ4v) is 3.05. The smallest absolute Gasteiger partial charge is 0.310 e. The highest BCUT2D eigenvalue weighted by Crippen LogP contribution is 2.24. The molecule has 2 rings (SSSR count). The van der Waals surface area contributed by atoms with Gasteiger partial charge in [-0.25, -0.2) is 0 Å². The molecule has 7 heteroatoms. The van der Waals surface area contributed by atoms with Crippen LogP contribution in [0.3, 0.4) is 0 Å². The zero-order valence-electron chi connectivity index (χ0n) is 15.7. The molecule has 0 bridgehead atoms. The van der Waals surface area contributed by atoms with Crippen molar-refractivity contribution in [1.82, 2.24) is 15.5 Å². The summed E-state index contributed by atoms with van der Waals surface area (Å²) >= 11 is 0. The van der Waals surface area contributed by atoms with Gasteiger partial charge in [-0.1, -0.05) is 25.1 Å². The molecule has 2 unspecified atom stereocenters. The second kappa shape index (κ2) is 9.79. The van der Waals surface area contributed by atoms with Crippen molar-refractivity contribution in [3.63, 3.8) is 0 Å².